The Morgan fingerprint density at radius 2 is 1.48 bits per heavy atom. The Morgan fingerprint density at radius 1 is 0.920 bits per heavy atom. The molecule has 0 fully saturated rings. The van der Waals surface area contributed by atoms with Crippen LogP contribution in [0, 0.1) is 0 Å². The van der Waals surface area contributed by atoms with Crippen LogP contribution in [0.25, 0.3) is 0 Å². The number of hydrogen-bond donors (Lipinski definition) is 5. The SMILES string of the molecule is CN.CN.CN.NC(=O)c1ccc(C2CCc3ccc(N)cc32)cc1. The molecule has 2 aromatic rings. The molecule has 6 nitrogen and oxygen atoms in total. The van der Waals surface area contributed by atoms with E-state index in [-0.39, 0.29) is 5.91 Å². The summed E-state index contributed by atoms with van der Waals surface area (Å²) in [5.74, 6) is -0.0111. The minimum absolute atomic E-state index is 0.375. The van der Waals surface area contributed by atoms with E-state index in [2.05, 4.69) is 29.3 Å². The van der Waals surface area contributed by atoms with Crippen LogP contribution in [0.5, 0.6) is 0 Å². The van der Waals surface area contributed by atoms with Crippen LogP contribution in [0.4, 0.5) is 5.69 Å². The van der Waals surface area contributed by atoms with Crippen molar-refractivity contribution in [3.8, 4) is 0 Å². The molecular formula is C19H31N5O. The van der Waals surface area contributed by atoms with Gasteiger partial charge in [0.25, 0.3) is 0 Å². The number of amides is 1. The van der Waals surface area contributed by atoms with Crippen LogP contribution < -0.4 is 28.7 Å². The molecule has 0 bridgehead atoms. The van der Waals surface area contributed by atoms with Crippen LogP contribution in [0.3, 0.4) is 0 Å². The molecule has 0 spiro atoms. The fourth-order valence-corrected chi connectivity index (χ4v) is 2.85. The van der Waals surface area contributed by atoms with E-state index in [9.17, 15) is 4.79 Å². The number of carbonyl (C=O) groups excluding carboxylic acids is 1. The smallest absolute Gasteiger partial charge is 0.248 e. The summed E-state index contributed by atoms with van der Waals surface area (Å²) in [5.41, 5.74) is 29.9. The van der Waals surface area contributed by atoms with Gasteiger partial charge in [0.1, 0.15) is 0 Å². The molecule has 138 valence electrons. The normalized spacial score (nSPS) is 13.8. The molecule has 10 N–H and O–H groups in total. The number of primary amides is 1. The van der Waals surface area contributed by atoms with Crippen molar-refractivity contribution in [1.29, 1.82) is 0 Å². The van der Waals surface area contributed by atoms with E-state index in [1.54, 1.807) is 12.1 Å². The topological polar surface area (TPSA) is 147 Å². The number of nitrogen functional groups attached to an aromatic ring is 1. The lowest BCUT2D eigenvalue weighted by atomic mass is 9.92. The van der Waals surface area contributed by atoms with Gasteiger partial charge in [-0.1, -0.05) is 18.2 Å². The quantitative estimate of drug-likeness (QED) is 0.518. The van der Waals surface area contributed by atoms with Crippen LogP contribution in [0.2, 0.25) is 0 Å². The zero-order valence-electron chi connectivity index (χ0n) is 15.3. The molecule has 3 rings (SSSR count). The first-order valence-electron chi connectivity index (χ1n) is 8.16. The van der Waals surface area contributed by atoms with Crippen LogP contribution in [-0.2, 0) is 6.42 Å². The summed E-state index contributed by atoms with van der Waals surface area (Å²) in [7, 11) is 4.50. The van der Waals surface area contributed by atoms with Crippen LogP contribution in [-0.4, -0.2) is 27.1 Å². The number of rotatable bonds is 2. The van der Waals surface area contributed by atoms with Crippen molar-refractivity contribution < 1.29 is 4.79 Å². The molecule has 25 heavy (non-hydrogen) atoms. The number of benzene rings is 2. The highest BCUT2D eigenvalue weighted by atomic mass is 16.1. The van der Waals surface area contributed by atoms with E-state index >= 15 is 0 Å². The van der Waals surface area contributed by atoms with Crippen molar-refractivity contribution in [2.75, 3.05) is 26.9 Å². The Hall–Kier alpha value is -2.41. The number of nitrogens with two attached hydrogens (primary N) is 5. The standard InChI is InChI=1S/C16H16N2O.3CH5N/c17-13-7-5-11-6-8-14(15(11)9-13)10-1-3-12(4-2-10)16(18)19;3*1-2/h1-5,7,9,14H,6,8,17H2,(H2,18,19);3*2H2,1H3. The summed E-state index contributed by atoms with van der Waals surface area (Å²) in [6.07, 6.45) is 2.17. The number of aryl methyl sites for hydroxylation is 1. The molecule has 1 amide bonds. The molecule has 6 heteroatoms. The summed E-state index contributed by atoms with van der Waals surface area (Å²) in [4.78, 5) is 11.1. The van der Waals surface area contributed by atoms with Crippen LogP contribution in [0.15, 0.2) is 42.5 Å². The van der Waals surface area contributed by atoms with Gasteiger partial charge < -0.3 is 28.7 Å². The highest BCUT2D eigenvalue weighted by Crippen LogP contribution is 2.38. The molecule has 0 aromatic heterocycles. The molecule has 1 unspecified atom stereocenters. The third-order valence-electron chi connectivity index (χ3n) is 3.85. The van der Waals surface area contributed by atoms with Crippen molar-refractivity contribution >= 4 is 11.6 Å². The Kier molecular flexibility index (Phi) is 10.9. The number of carbonyl (C=O) groups is 1. The number of fused-ring (bicyclic) bond motifs is 1. The van der Waals surface area contributed by atoms with Gasteiger partial charge in [-0.05, 0) is 74.9 Å². The minimum atomic E-state index is -0.386. The summed E-state index contributed by atoms with van der Waals surface area (Å²) < 4.78 is 0. The summed E-state index contributed by atoms with van der Waals surface area (Å²) in [5, 5.41) is 0. The molecule has 0 saturated carbocycles. The second kappa shape index (κ2) is 12.0. The predicted molar refractivity (Wildman–Crippen MR) is 106 cm³/mol. The highest BCUT2D eigenvalue weighted by molar-refractivity contribution is 5.92. The monoisotopic (exact) mass is 345 g/mol. The van der Waals surface area contributed by atoms with Gasteiger partial charge >= 0.3 is 0 Å². The van der Waals surface area contributed by atoms with Gasteiger partial charge in [-0.3, -0.25) is 4.79 Å². The van der Waals surface area contributed by atoms with E-state index < -0.39 is 0 Å². The lowest BCUT2D eigenvalue weighted by molar-refractivity contribution is 0.100. The average Bonchev–Trinajstić information content (AvgIpc) is 3.09. The molecule has 2 aromatic carbocycles. The van der Waals surface area contributed by atoms with Gasteiger partial charge in [0.05, 0.1) is 0 Å². The fourth-order valence-electron chi connectivity index (χ4n) is 2.85. The average molecular weight is 345 g/mol. The van der Waals surface area contributed by atoms with Gasteiger partial charge in [0.15, 0.2) is 0 Å². The van der Waals surface area contributed by atoms with Gasteiger partial charge in [-0.15, -0.1) is 0 Å². The molecule has 1 aliphatic carbocycles. The van der Waals surface area contributed by atoms with Gasteiger partial charge in [-0.25, -0.2) is 0 Å². The molecule has 1 atom stereocenters. The first-order valence-corrected chi connectivity index (χ1v) is 8.16. The zero-order valence-corrected chi connectivity index (χ0v) is 15.3. The Labute approximate surface area is 150 Å². The molecule has 1 aliphatic rings. The lowest BCUT2D eigenvalue weighted by Crippen LogP contribution is -2.10. The Bertz CT molecular complexity index is 641. The highest BCUT2D eigenvalue weighted by Gasteiger charge is 2.24. The largest absolute Gasteiger partial charge is 0.399 e. The summed E-state index contributed by atoms with van der Waals surface area (Å²) in [6, 6.07) is 13.7. The lowest BCUT2D eigenvalue weighted by Gasteiger charge is -2.13. The maximum absolute atomic E-state index is 11.1. The van der Waals surface area contributed by atoms with Crippen molar-refractivity contribution in [3.05, 3.63) is 64.7 Å². The van der Waals surface area contributed by atoms with Gasteiger partial charge in [0, 0.05) is 17.2 Å². The molecule has 0 heterocycles. The van der Waals surface area contributed by atoms with Gasteiger partial charge in [-0.2, -0.15) is 0 Å². The predicted octanol–water partition coefficient (Wildman–Crippen LogP) is 1.17. The van der Waals surface area contributed by atoms with Crippen LogP contribution in [0.1, 0.15) is 39.4 Å². The van der Waals surface area contributed by atoms with Crippen molar-refractivity contribution in [2.45, 2.75) is 18.8 Å². The van der Waals surface area contributed by atoms with E-state index in [0.717, 1.165) is 18.5 Å². The minimum Gasteiger partial charge on any atom is -0.399 e. The molecule has 0 aliphatic heterocycles. The van der Waals surface area contributed by atoms with Crippen LogP contribution >= 0.6 is 0 Å². The second-order valence-corrected chi connectivity index (χ2v) is 5.04. The maximum Gasteiger partial charge on any atom is 0.248 e. The first-order chi connectivity index (χ1) is 12.1. The zero-order chi connectivity index (χ0) is 19.4. The van der Waals surface area contributed by atoms with E-state index in [4.69, 9.17) is 11.5 Å². The molecule has 0 radical (unpaired) electrons. The third-order valence-corrected chi connectivity index (χ3v) is 3.85. The Balaban J connectivity index is 0.000000871. The van der Waals surface area contributed by atoms with Crippen molar-refractivity contribution in [2.24, 2.45) is 22.9 Å². The summed E-state index contributed by atoms with van der Waals surface area (Å²) in [6.45, 7) is 0. The first kappa shape index (κ1) is 22.6. The molecular weight excluding hydrogens is 314 g/mol. The second-order valence-electron chi connectivity index (χ2n) is 5.04. The maximum atomic E-state index is 11.1. The summed E-state index contributed by atoms with van der Waals surface area (Å²) >= 11 is 0. The van der Waals surface area contributed by atoms with E-state index in [0.29, 0.717) is 11.5 Å². The number of anilines is 1. The number of hydrogen-bond acceptors (Lipinski definition) is 5. The van der Waals surface area contributed by atoms with Crippen molar-refractivity contribution in [3.63, 3.8) is 0 Å². The van der Waals surface area contributed by atoms with Gasteiger partial charge in [0.2, 0.25) is 5.91 Å². The Morgan fingerprint density at radius 3 is 2.00 bits per heavy atom. The van der Waals surface area contributed by atoms with Crippen molar-refractivity contribution in [1.82, 2.24) is 0 Å². The fraction of sp³-hybridized carbons (Fsp3) is 0.316. The van der Waals surface area contributed by atoms with E-state index in [1.165, 1.54) is 37.8 Å². The van der Waals surface area contributed by atoms with E-state index in [1.807, 2.05) is 18.2 Å². The molecule has 0 saturated heterocycles. The third kappa shape index (κ3) is 5.86.